The van der Waals surface area contributed by atoms with Gasteiger partial charge in [-0.05, 0) is 43.7 Å². The van der Waals surface area contributed by atoms with Gasteiger partial charge in [0.2, 0.25) is 5.91 Å². The second-order valence-electron chi connectivity index (χ2n) is 8.09. The maximum absolute atomic E-state index is 12.9. The van der Waals surface area contributed by atoms with Crippen LogP contribution in [0.3, 0.4) is 0 Å². The average Bonchev–Trinajstić information content (AvgIpc) is 3.09. The Morgan fingerprint density at radius 1 is 1.00 bits per heavy atom. The van der Waals surface area contributed by atoms with E-state index in [0.29, 0.717) is 13.0 Å². The van der Waals surface area contributed by atoms with Crippen LogP contribution in [-0.2, 0) is 22.5 Å². The van der Waals surface area contributed by atoms with E-state index >= 15 is 0 Å². The number of hydrogen-bond donors (Lipinski definition) is 0. The second-order valence-corrected chi connectivity index (χ2v) is 8.09. The number of benzene rings is 2. The SMILES string of the molecule is Cc1nn(-c2ccccc2)c(C)c1CC(=O)N(C)Cc1ccc(N2CCOCC2)cc1. The lowest BCUT2D eigenvalue weighted by Crippen LogP contribution is -2.36. The molecule has 0 radical (unpaired) electrons. The fourth-order valence-corrected chi connectivity index (χ4v) is 4.03. The zero-order chi connectivity index (χ0) is 21.8. The van der Waals surface area contributed by atoms with Crippen molar-refractivity contribution < 1.29 is 9.53 Å². The molecule has 1 amide bonds. The van der Waals surface area contributed by atoms with Gasteiger partial charge in [-0.15, -0.1) is 0 Å². The van der Waals surface area contributed by atoms with Crippen molar-refractivity contribution in [1.29, 1.82) is 0 Å². The quantitative estimate of drug-likeness (QED) is 0.615. The summed E-state index contributed by atoms with van der Waals surface area (Å²) in [6.07, 6.45) is 0.354. The number of hydrogen-bond acceptors (Lipinski definition) is 4. The van der Waals surface area contributed by atoms with Crippen LogP contribution in [0.25, 0.3) is 5.69 Å². The summed E-state index contributed by atoms with van der Waals surface area (Å²) in [7, 11) is 1.87. The fourth-order valence-electron chi connectivity index (χ4n) is 4.03. The minimum Gasteiger partial charge on any atom is -0.378 e. The molecular formula is C25H30N4O2. The maximum atomic E-state index is 12.9. The molecule has 1 aliphatic rings. The molecule has 0 unspecified atom stereocenters. The number of aryl methyl sites for hydroxylation is 1. The Bertz CT molecular complexity index is 1020. The van der Waals surface area contributed by atoms with Crippen LogP contribution < -0.4 is 4.90 Å². The molecule has 2 aromatic carbocycles. The molecule has 31 heavy (non-hydrogen) atoms. The van der Waals surface area contributed by atoms with Gasteiger partial charge in [0.15, 0.2) is 0 Å². The number of aromatic nitrogens is 2. The van der Waals surface area contributed by atoms with Gasteiger partial charge in [-0.2, -0.15) is 5.10 Å². The van der Waals surface area contributed by atoms with Crippen molar-refractivity contribution in [3.05, 3.63) is 77.1 Å². The van der Waals surface area contributed by atoms with Crippen molar-refractivity contribution in [2.75, 3.05) is 38.3 Å². The Morgan fingerprint density at radius 2 is 1.68 bits per heavy atom. The molecule has 0 saturated carbocycles. The molecule has 3 aromatic rings. The first-order valence-corrected chi connectivity index (χ1v) is 10.8. The van der Waals surface area contributed by atoms with E-state index in [9.17, 15) is 4.79 Å². The highest BCUT2D eigenvalue weighted by Crippen LogP contribution is 2.20. The third-order valence-electron chi connectivity index (χ3n) is 5.93. The van der Waals surface area contributed by atoms with Gasteiger partial charge < -0.3 is 14.5 Å². The Kier molecular flexibility index (Phi) is 6.37. The van der Waals surface area contributed by atoms with E-state index in [-0.39, 0.29) is 5.91 Å². The summed E-state index contributed by atoms with van der Waals surface area (Å²) in [5.74, 6) is 0.0936. The molecule has 2 heterocycles. The summed E-state index contributed by atoms with van der Waals surface area (Å²) in [5, 5.41) is 4.66. The highest BCUT2D eigenvalue weighted by Gasteiger charge is 2.18. The zero-order valence-electron chi connectivity index (χ0n) is 18.5. The van der Waals surface area contributed by atoms with Crippen LogP contribution in [0.1, 0.15) is 22.5 Å². The van der Waals surface area contributed by atoms with Gasteiger partial charge in [-0.25, -0.2) is 4.68 Å². The Hall–Kier alpha value is -3.12. The van der Waals surface area contributed by atoms with Crippen LogP contribution in [0.15, 0.2) is 54.6 Å². The zero-order valence-corrected chi connectivity index (χ0v) is 18.5. The molecule has 6 nitrogen and oxygen atoms in total. The number of para-hydroxylation sites is 1. The number of rotatable bonds is 6. The summed E-state index contributed by atoms with van der Waals surface area (Å²) in [5.41, 5.74) is 6.26. The fraction of sp³-hybridized carbons (Fsp3) is 0.360. The average molecular weight is 419 g/mol. The van der Waals surface area contributed by atoms with Gasteiger partial charge in [0.25, 0.3) is 0 Å². The van der Waals surface area contributed by atoms with Crippen LogP contribution in [-0.4, -0.2) is 53.9 Å². The predicted octanol–water partition coefficient (Wildman–Crippen LogP) is 3.53. The van der Waals surface area contributed by atoms with Crippen molar-refractivity contribution in [2.24, 2.45) is 0 Å². The summed E-state index contributed by atoms with van der Waals surface area (Å²) >= 11 is 0. The van der Waals surface area contributed by atoms with E-state index < -0.39 is 0 Å². The third kappa shape index (κ3) is 4.80. The summed E-state index contributed by atoms with van der Waals surface area (Å²) in [6.45, 7) is 7.99. The molecule has 0 aliphatic carbocycles. The van der Waals surface area contributed by atoms with Gasteiger partial charge in [0.05, 0.1) is 31.0 Å². The molecule has 1 saturated heterocycles. The summed E-state index contributed by atoms with van der Waals surface area (Å²) in [6, 6.07) is 18.5. The molecule has 0 N–H and O–H groups in total. The first kappa shape index (κ1) is 21.1. The van der Waals surface area contributed by atoms with E-state index in [1.54, 1.807) is 4.90 Å². The smallest absolute Gasteiger partial charge is 0.227 e. The number of carbonyl (C=O) groups excluding carboxylic acids is 1. The molecule has 6 heteroatoms. The van der Waals surface area contributed by atoms with E-state index in [1.807, 2.05) is 55.9 Å². The van der Waals surface area contributed by atoms with Crippen LogP contribution in [0.2, 0.25) is 0 Å². The first-order chi connectivity index (χ1) is 15.0. The third-order valence-corrected chi connectivity index (χ3v) is 5.93. The molecular weight excluding hydrogens is 388 g/mol. The molecule has 1 fully saturated rings. The van der Waals surface area contributed by atoms with Gasteiger partial charge >= 0.3 is 0 Å². The largest absolute Gasteiger partial charge is 0.378 e. The molecule has 0 spiro atoms. The van der Waals surface area contributed by atoms with E-state index in [0.717, 1.165) is 54.5 Å². The van der Waals surface area contributed by atoms with Crippen molar-refractivity contribution >= 4 is 11.6 Å². The number of ether oxygens (including phenoxy) is 1. The van der Waals surface area contributed by atoms with E-state index in [2.05, 4.69) is 34.3 Å². The van der Waals surface area contributed by atoms with Crippen molar-refractivity contribution in [2.45, 2.75) is 26.8 Å². The van der Waals surface area contributed by atoms with Crippen LogP contribution in [0, 0.1) is 13.8 Å². The summed E-state index contributed by atoms with van der Waals surface area (Å²) < 4.78 is 7.34. The lowest BCUT2D eigenvalue weighted by molar-refractivity contribution is -0.129. The van der Waals surface area contributed by atoms with Crippen molar-refractivity contribution in [3.8, 4) is 5.69 Å². The molecule has 1 aliphatic heterocycles. The minimum atomic E-state index is 0.0936. The lowest BCUT2D eigenvalue weighted by atomic mass is 10.1. The number of morpholine rings is 1. The Morgan fingerprint density at radius 3 is 2.35 bits per heavy atom. The minimum absolute atomic E-state index is 0.0936. The first-order valence-electron chi connectivity index (χ1n) is 10.8. The standard InChI is InChI=1S/C25H30N4O2/c1-19-24(20(2)29(26-19)23-7-5-4-6-8-23)17-25(30)27(3)18-21-9-11-22(12-10-21)28-13-15-31-16-14-28/h4-12H,13-18H2,1-3H3. The lowest BCUT2D eigenvalue weighted by Gasteiger charge is -2.29. The van der Waals surface area contributed by atoms with Gasteiger partial charge in [0, 0.05) is 43.6 Å². The number of likely N-dealkylation sites (N-methyl/N-ethyl adjacent to an activating group) is 1. The van der Waals surface area contributed by atoms with E-state index in [4.69, 9.17) is 4.74 Å². The molecule has 1 aromatic heterocycles. The van der Waals surface area contributed by atoms with Gasteiger partial charge in [-0.1, -0.05) is 30.3 Å². The molecule has 4 rings (SSSR count). The molecule has 162 valence electrons. The highest BCUT2D eigenvalue weighted by atomic mass is 16.5. The Labute approximate surface area is 184 Å². The number of carbonyl (C=O) groups is 1. The van der Waals surface area contributed by atoms with Gasteiger partial charge in [-0.3, -0.25) is 4.79 Å². The number of nitrogens with zero attached hydrogens (tertiary/aromatic N) is 4. The Balaban J connectivity index is 1.40. The number of amides is 1. The molecule has 0 atom stereocenters. The van der Waals surface area contributed by atoms with Crippen LogP contribution in [0.5, 0.6) is 0 Å². The monoisotopic (exact) mass is 418 g/mol. The summed E-state index contributed by atoms with van der Waals surface area (Å²) in [4.78, 5) is 17.1. The normalized spacial score (nSPS) is 14.0. The number of anilines is 1. The maximum Gasteiger partial charge on any atom is 0.227 e. The van der Waals surface area contributed by atoms with Crippen molar-refractivity contribution in [3.63, 3.8) is 0 Å². The van der Waals surface area contributed by atoms with Crippen LogP contribution >= 0.6 is 0 Å². The highest BCUT2D eigenvalue weighted by molar-refractivity contribution is 5.79. The predicted molar refractivity (Wildman–Crippen MR) is 123 cm³/mol. The van der Waals surface area contributed by atoms with E-state index in [1.165, 1.54) is 5.69 Å². The van der Waals surface area contributed by atoms with Crippen LogP contribution in [0.4, 0.5) is 5.69 Å². The van der Waals surface area contributed by atoms with Gasteiger partial charge in [0.1, 0.15) is 0 Å². The molecule has 0 bridgehead atoms. The second kappa shape index (κ2) is 9.35. The topological polar surface area (TPSA) is 50.6 Å². The van der Waals surface area contributed by atoms with Crippen molar-refractivity contribution in [1.82, 2.24) is 14.7 Å².